The topological polar surface area (TPSA) is 52.6 Å². The van der Waals surface area contributed by atoms with Crippen molar-refractivity contribution in [2.24, 2.45) is 11.8 Å². The van der Waals surface area contributed by atoms with Gasteiger partial charge in [-0.25, -0.2) is 4.79 Å². The van der Waals surface area contributed by atoms with E-state index in [0.717, 1.165) is 56.0 Å². The van der Waals surface area contributed by atoms with E-state index in [4.69, 9.17) is 9.47 Å². The molecule has 2 unspecified atom stereocenters. The first-order chi connectivity index (χ1) is 16.5. The molecule has 4 nitrogen and oxygen atoms in total. The van der Waals surface area contributed by atoms with Gasteiger partial charge in [0.25, 0.3) is 0 Å². The van der Waals surface area contributed by atoms with Crippen molar-refractivity contribution < 1.29 is 19.1 Å². The van der Waals surface area contributed by atoms with E-state index in [1.807, 2.05) is 30.0 Å². The van der Waals surface area contributed by atoms with Crippen molar-refractivity contribution in [3.05, 3.63) is 58.7 Å². The Morgan fingerprint density at radius 3 is 2.65 bits per heavy atom. The van der Waals surface area contributed by atoms with Gasteiger partial charge in [-0.3, -0.25) is 4.79 Å². The van der Waals surface area contributed by atoms with Crippen LogP contribution in [0.1, 0.15) is 94.8 Å². The van der Waals surface area contributed by atoms with E-state index < -0.39 is 0 Å². The Balaban J connectivity index is 1.94. The molecule has 2 atom stereocenters. The molecule has 0 spiro atoms. The summed E-state index contributed by atoms with van der Waals surface area (Å²) in [6.45, 7) is 4.60. The highest BCUT2D eigenvalue weighted by Gasteiger charge is 2.27. The van der Waals surface area contributed by atoms with E-state index in [0.29, 0.717) is 17.9 Å². The van der Waals surface area contributed by atoms with E-state index in [-0.39, 0.29) is 11.9 Å². The minimum Gasteiger partial charge on any atom is -0.469 e. The largest absolute Gasteiger partial charge is 0.469 e. The van der Waals surface area contributed by atoms with Crippen molar-refractivity contribution in [2.75, 3.05) is 12.9 Å². The monoisotopic (exact) mass is 486 g/mol. The molecule has 0 heterocycles. The van der Waals surface area contributed by atoms with Gasteiger partial charge in [0.05, 0.1) is 12.7 Å². The van der Waals surface area contributed by atoms with Gasteiger partial charge in [0.1, 0.15) is 5.76 Å². The summed E-state index contributed by atoms with van der Waals surface area (Å²) in [4.78, 5) is 25.1. The lowest BCUT2D eigenvalue weighted by Crippen LogP contribution is -2.05. The quantitative estimate of drug-likeness (QED) is 0.134. The highest BCUT2D eigenvalue weighted by atomic mass is 32.2. The van der Waals surface area contributed by atoms with Gasteiger partial charge in [-0.15, -0.1) is 11.8 Å². The molecule has 0 saturated carbocycles. The van der Waals surface area contributed by atoms with Crippen LogP contribution < -0.4 is 0 Å². The molecule has 0 saturated heterocycles. The first-order valence-corrected chi connectivity index (χ1v) is 13.9. The van der Waals surface area contributed by atoms with Crippen molar-refractivity contribution in [3.63, 3.8) is 0 Å². The summed E-state index contributed by atoms with van der Waals surface area (Å²) in [5, 5.41) is 0. The number of benzene rings is 1. The maximum absolute atomic E-state index is 12.7. The average molecular weight is 487 g/mol. The molecule has 2 rings (SSSR count). The molecule has 188 valence electrons. The second-order valence-corrected chi connectivity index (χ2v) is 10.3. The summed E-state index contributed by atoms with van der Waals surface area (Å²) in [5.74, 6) is 2.46. The van der Waals surface area contributed by atoms with Gasteiger partial charge in [-0.2, -0.15) is 0 Å². The molecule has 1 aromatic rings. The van der Waals surface area contributed by atoms with Crippen LogP contribution in [0.2, 0.25) is 0 Å². The van der Waals surface area contributed by atoms with E-state index in [1.165, 1.54) is 37.7 Å². The predicted octanol–water partition coefficient (Wildman–Crippen LogP) is 8.09. The lowest BCUT2D eigenvalue weighted by molar-refractivity contribution is -0.140. The molecule has 1 aliphatic rings. The number of thioether (sulfide) groups is 1. The fourth-order valence-corrected chi connectivity index (χ4v) is 5.42. The summed E-state index contributed by atoms with van der Waals surface area (Å²) in [7, 11) is 1.43. The first kappa shape index (κ1) is 28.2. The molecular formula is C29H42O4S. The Kier molecular flexibility index (Phi) is 13.8. The Morgan fingerprint density at radius 1 is 1.12 bits per heavy atom. The fourth-order valence-electron chi connectivity index (χ4n) is 4.14. The van der Waals surface area contributed by atoms with Crippen LogP contribution in [-0.4, -0.2) is 24.8 Å². The van der Waals surface area contributed by atoms with E-state index in [9.17, 15) is 9.59 Å². The van der Waals surface area contributed by atoms with Gasteiger partial charge in [-0.05, 0) is 55.9 Å². The maximum atomic E-state index is 12.7. The minimum atomic E-state index is -0.277. The molecule has 1 aromatic carbocycles. The fraction of sp³-hybridized carbons (Fsp3) is 0.586. The predicted molar refractivity (Wildman–Crippen MR) is 142 cm³/mol. The molecule has 34 heavy (non-hydrogen) atoms. The number of esters is 2. The summed E-state index contributed by atoms with van der Waals surface area (Å²) in [6.07, 6.45) is 16.0. The Morgan fingerprint density at radius 2 is 1.91 bits per heavy atom. The summed E-state index contributed by atoms with van der Waals surface area (Å²) in [5.41, 5.74) is 0.585. The average Bonchev–Trinajstić information content (AvgIpc) is 3.23. The van der Waals surface area contributed by atoms with Crippen molar-refractivity contribution in [1.29, 1.82) is 0 Å². The molecule has 0 fully saturated rings. The van der Waals surface area contributed by atoms with Crippen molar-refractivity contribution in [3.8, 4) is 0 Å². The third-order valence-corrected chi connectivity index (χ3v) is 7.61. The highest BCUT2D eigenvalue weighted by Crippen LogP contribution is 2.41. The highest BCUT2D eigenvalue weighted by molar-refractivity contribution is 8.03. The van der Waals surface area contributed by atoms with Gasteiger partial charge < -0.3 is 9.47 Å². The summed E-state index contributed by atoms with van der Waals surface area (Å²) < 4.78 is 10.6. The smallest absolute Gasteiger partial charge is 0.343 e. The number of rotatable bonds is 16. The van der Waals surface area contributed by atoms with Crippen LogP contribution in [0.4, 0.5) is 0 Å². The third-order valence-electron chi connectivity index (χ3n) is 6.27. The van der Waals surface area contributed by atoms with Crippen molar-refractivity contribution in [1.82, 2.24) is 0 Å². The van der Waals surface area contributed by atoms with Crippen molar-refractivity contribution >= 4 is 23.7 Å². The molecule has 0 N–H and O–H groups in total. The van der Waals surface area contributed by atoms with Crippen LogP contribution in [0.5, 0.6) is 0 Å². The van der Waals surface area contributed by atoms with E-state index in [1.54, 1.807) is 12.1 Å². The van der Waals surface area contributed by atoms with Crippen LogP contribution in [-0.2, 0) is 14.3 Å². The molecule has 0 aliphatic heterocycles. The van der Waals surface area contributed by atoms with E-state index >= 15 is 0 Å². The molecule has 0 bridgehead atoms. The molecular weight excluding hydrogens is 444 g/mol. The van der Waals surface area contributed by atoms with Crippen LogP contribution in [0, 0.1) is 11.8 Å². The third kappa shape index (κ3) is 10.5. The maximum Gasteiger partial charge on any atom is 0.343 e. The van der Waals surface area contributed by atoms with Crippen LogP contribution >= 0.6 is 11.8 Å². The van der Waals surface area contributed by atoms with Crippen LogP contribution in [0.15, 0.2) is 53.1 Å². The van der Waals surface area contributed by atoms with E-state index in [2.05, 4.69) is 26.0 Å². The number of methoxy groups -OCH3 is 1. The molecule has 0 aromatic heterocycles. The molecule has 0 radical (unpaired) electrons. The Labute approximate surface area is 210 Å². The normalized spacial score (nSPS) is 16.7. The van der Waals surface area contributed by atoms with Crippen LogP contribution in [0.3, 0.4) is 0 Å². The number of allylic oxidation sites excluding steroid dienone is 4. The number of hydrogen-bond donors (Lipinski definition) is 0. The number of unbranched alkanes of at least 4 members (excludes halogenated alkanes) is 3. The summed E-state index contributed by atoms with van der Waals surface area (Å²) >= 11 is 1.81. The lowest BCUT2D eigenvalue weighted by Gasteiger charge is -2.13. The zero-order chi connectivity index (χ0) is 24.6. The van der Waals surface area contributed by atoms with Gasteiger partial charge in [0.15, 0.2) is 0 Å². The first-order valence-electron chi connectivity index (χ1n) is 12.9. The lowest BCUT2D eigenvalue weighted by atomic mass is 9.98. The Bertz CT molecular complexity index is 800. The molecule has 5 heteroatoms. The number of ether oxygens (including phenoxy) is 2. The second kappa shape index (κ2) is 16.6. The second-order valence-electron chi connectivity index (χ2n) is 9.18. The summed E-state index contributed by atoms with van der Waals surface area (Å²) in [6, 6.07) is 9.20. The standard InChI is InChI=1S/C29H42O4S/c1-4-5-14-23(2)15-11-12-16-24-20-21-26(33-29(31)25-17-8-6-9-18-25)28(24)34-22-13-7-10-19-27(30)32-3/h6,8-9,12,16-18,23-24H,4-5,7,10-11,13-15,19-22H2,1-3H3/b16-12+. The zero-order valence-electron chi connectivity index (χ0n) is 21.2. The number of carbonyl (C=O) groups excluding carboxylic acids is 2. The number of carbonyl (C=O) groups is 2. The minimum absolute atomic E-state index is 0.143. The van der Waals surface area contributed by atoms with Gasteiger partial charge >= 0.3 is 11.9 Å². The van der Waals surface area contributed by atoms with Crippen molar-refractivity contribution in [2.45, 2.75) is 84.5 Å². The van der Waals surface area contributed by atoms with Crippen LogP contribution in [0.25, 0.3) is 0 Å². The SMILES string of the molecule is CCCCC(C)CC/C=C/C1CCC(OC(=O)c2ccccc2)=C1SCCCCCC(=O)OC. The zero-order valence-corrected chi connectivity index (χ0v) is 22.0. The van der Waals surface area contributed by atoms with Gasteiger partial charge in [-0.1, -0.05) is 69.9 Å². The molecule has 0 amide bonds. The molecule has 1 aliphatic carbocycles. The van der Waals surface area contributed by atoms with Gasteiger partial charge in [0.2, 0.25) is 0 Å². The number of hydrogen-bond acceptors (Lipinski definition) is 5. The Hall–Kier alpha value is -2.01. The van der Waals surface area contributed by atoms with Gasteiger partial charge in [0, 0.05) is 23.7 Å².